The van der Waals surface area contributed by atoms with E-state index in [0.717, 1.165) is 34.8 Å². The first-order chi connectivity index (χ1) is 11.6. The number of hydrogen-bond acceptors (Lipinski definition) is 4. The van der Waals surface area contributed by atoms with Gasteiger partial charge in [0.25, 0.3) is 0 Å². The number of benzene rings is 1. The van der Waals surface area contributed by atoms with Crippen molar-refractivity contribution in [2.45, 2.75) is 57.3 Å². The minimum Gasteiger partial charge on any atom is -0.494 e. The second-order valence-corrected chi connectivity index (χ2v) is 7.34. The Morgan fingerprint density at radius 2 is 2.12 bits per heavy atom. The molecule has 130 valence electrons. The molecule has 2 aromatic rings. The normalized spacial score (nSPS) is 21.2. The predicted molar refractivity (Wildman–Crippen MR) is 97.6 cm³/mol. The molecule has 3 rings (SSSR count). The van der Waals surface area contributed by atoms with Crippen LogP contribution in [0.4, 0.5) is 0 Å². The van der Waals surface area contributed by atoms with E-state index in [1.807, 2.05) is 30.0 Å². The lowest BCUT2D eigenvalue weighted by Gasteiger charge is -2.39. The Morgan fingerprint density at radius 3 is 2.83 bits per heavy atom. The van der Waals surface area contributed by atoms with Gasteiger partial charge in [-0.15, -0.1) is 0 Å². The molecule has 1 aliphatic heterocycles. The molecule has 0 radical (unpaired) electrons. The Kier molecular flexibility index (Phi) is 5.33. The van der Waals surface area contributed by atoms with E-state index in [9.17, 15) is 4.79 Å². The molecular formula is C18H25N3O2S. The Morgan fingerprint density at radius 1 is 1.38 bits per heavy atom. The number of fused-ring (bicyclic) bond motifs is 1. The van der Waals surface area contributed by atoms with Crippen LogP contribution in [0.3, 0.4) is 0 Å². The van der Waals surface area contributed by atoms with Gasteiger partial charge in [0.15, 0.2) is 5.16 Å². The van der Waals surface area contributed by atoms with E-state index in [4.69, 9.17) is 4.74 Å². The fourth-order valence-electron chi connectivity index (χ4n) is 3.41. The summed E-state index contributed by atoms with van der Waals surface area (Å²) in [5, 5.41) is 0.782. The van der Waals surface area contributed by atoms with Gasteiger partial charge in [0.1, 0.15) is 5.75 Å². The number of aromatic nitrogens is 2. The summed E-state index contributed by atoms with van der Waals surface area (Å²) in [6.07, 6.45) is 3.42. The van der Waals surface area contributed by atoms with Crippen LogP contribution < -0.4 is 4.74 Å². The molecule has 0 saturated carbocycles. The number of aromatic amines is 1. The molecular weight excluding hydrogens is 322 g/mol. The first kappa shape index (κ1) is 17.1. The Bertz CT molecular complexity index is 705. The lowest BCUT2D eigenvalue weighted by molar-refractivity contribution is -0.134. The van der Waals surface area contributed by atoms with Crippen LogP contribution in [0, 0.1) is 0 Å². The number of amides is 1. The summed E-state index contributed by atoms with van der Waals surface area (Å²) < 4.78 is 5.51. The fraction of sp³-hybridized carbons (Fsp3) is 0.556. The number of ether oxygens (including phenoxy) is 1. The third kappa shape index (κ3) is 3.69. The molecule has 1 aromatic heterocycles. The SMILES string of the molecule is CCOc1ccc2nc(SCC(=O)N3[C@H](C)CCC[C@@H]3C)[nH]c2c1. The van der Waals surface area contributed by atoms with Gasteiger partial charge in [0, 0.05) is 18.2 Å². The fourth-order valence-corrected chi connectivity index (χ4v) is 4.16. The summed E-state index contributed by atoms with van der Waals surface area (Å²) in [6.45, 7) is 6.90. The van der Waals surface area contributed by atoms with Crippen molar-refractivity contribution in [3.63, 3.8) is 0 Å². The third-order valence-electron chi connectivity index (χ3n) is 4.56. The zero-order valence-electron chi connectivity index (χ0n) is 14.5. The van der Waals surface area contributed by atoms with E-state index in [1.165, 1.54) is 18.2 Å². The molecule has 1 N–H and O–H groups in total. The number of nitrogens with one attached hydrogen (secondary N) is 1. The van der Waals surface area contributed by atoms with Crippen molar-refractivity contribution in [2.24, 2.45) is 0 Å². The molecule has 0 spiro atoms. The van der Waals surface area contributed by atoms with Gasteiger partial charge < -0.3 is 14.6 Å². The molecule has 0 bridgehead atoms. The number of imidazole rings is 1. The van der Waals surface area contributed by atoms with Gasteiger partial charge >= 0.3 is 0 Å². The highest BCUT2D eigenvalue weighted by Gasteiger charge is 2.28. The van der Waals surface area contributed by atoms with E-state index in [-0.39, 0.29) is 5.91 Å². The van der Waals surface area contributed by atoms with E-state index >= 15 is 0 Å². The second kappa shape index (κ2) is 7.47. The first-order valence-corrected chi connectivity index (χ1v) is 9.63. The standard InChI is InChI=1S/C18H25N3O2S/c1-4-23-14-8-9-15-16(10-14)20-18(19-15)24-11-17(22)21-12(2)6-5-7-13(21)3/h8-10,12-13H,4-7,11H2,1-3H3,(H,19,20)/t12-,13+. The summed E-state index contributed by atoms with van der Waals surface area (Å²) in [7, 11) is 0. The van der Waals surface area contributed by atoms with Crippen molar-refractivity contribution < 1.29 is 9.53 Å². The van der Waals surface area contributed by atoms with Gasteiger partial charge in [-0.2, -0.15) is 0 Å². The molecule has 1 aromatic carbocycles. The summed E-state index contributed by atoms with van der Waals surface area (Å²) in [4.78, 5) is 22.5. The second-order valence-electron chi connectivity index (χ2n) is 6.37. The topological polar surface area (TPSA) is 58.2 Å². The van der Waals surface area contributed by atoms with Crippen LogP contribution in [-0.2, 0) is 4.79 Å². The maximum absolute atomic E-state index is 12.6. The van der Waals surface area contributed by atoms with Crippen molar-refractivity contribution in [3.8, 4) is 5.75 Å². The van der Waals surface area contributed by atoms with E-state index < -0.39 is 0 Å². The highest BCUT2D eigenvalue weighted by molar-refractivity contribution is 7.99. The monoisotopic (exact) mass is 347 g/mol. The molecule has 0 unspecified atom stereocenters. The van der Waals surface area contributed by atoms with E-state index in [2.05, 4.69) is 23.8 Å². The van der Waals surface area contributed by atoms with Gasteiger partial charge in [0.05, 0.1) is 23.4 Å². The largest absolute Gasteiger partial charge is 0.494 e. The Hall–Kier alpha value is -1.69. The summed E-state index contributed by atoms with van der Waals surface area (Å²) in [6, 6.07) is 6.49. The first-order valence-electron chi connectivity index (χ1n) is 8.65. The van der Waals surface area contributed by atoms with Crippen LogP contribution in [0.2, 0.25) is 0 Å². The summed E-state index contributed by atoms with van der Waals surface area (Å²) in [5.41, 5.74) is 1.84. The average molecular weight is 347 g/mol. The number of likely N-dealkylation sites (tertiary alicyclic amines) is 1. The van der Waals surface area contributed by atoms with Gasteiger partial charge in [-0.1, -0.05) is 11.8 Å². The van der Waals surface area contributed by atoms with Crippen molar-refractivity contribution in [3.05, 3.63) is 18.2 Å². The molecule has 2 heterocycles. The lowest BCUT2D eigenvalue weighted by atomic mass is 9.98. The van der Waals surface area contributed by atoms with Gasteiger partial charge in [-0.05, 0) is 52.2 Å². The number of thioether (sulfide) groups is 1. The van der Waals surface area contributed by atoms with Crippen molar-refractivity contribution >= 4 is 28.7 Å². The number of H-pyrrole nitrogens is 1. The third-order valence-corrected chi connectivity index (χ3v) is 5.41. The Labute approximate surface area is 147 Å². The molecule has 2 atom stereocenters. The van der Waals surface area contributed by atoms with Gasteiger partial charge in [-0.3, -0.25) is 4.79 Å². The van der Waals surface area contributed by atoms with Crippen molar-refractivity contribution in [1.29, 1.82) is 0 Å². The van der Waals surface area contributed by atoms with E-state index in [1.54, 1.807) is 0 Å². The number of carbonyl (C=O) groups excluding carboxylic acids is 1. The van der Waals surface area contributed by atoms with Crippen LogP contribution >= 0.6 is 11.8 Å². The quantitative estimate of drug-likeness (QED) is 0.835. The van der Waals surface area contributed by atoms with Crippen LogP contribution in [0.1, 0.15) is 40.0 Å². The number of hydrogen-bond donors (Lipinski definition) is 1. The summed E-state index contributed by atoms with van der Waals surface area (Å²) in [5.74, 6) is 1.46. The molecule has 1 amide bonds. The van der Waals surface area contributed by atoms with Crippen molar-refractivity contribution in [2.75, 3.05) is 12.4 Å². The number of carbonyl (C=O) groups is 1. The van der Waals surface area contributed by atoms with Gasteiger partial charge in [0.2, 0.25) is 5.91 Å². The lowest BCUT2D eigenvalue weighted by Crippen LogP contribution is -2.48. The highest BCUT2D eigenvalue weighted by Crippen LogP contribution is 2.26. The maximum Gasteiger partial charge on any atom is 0.233 e. The maximum atomic E-state index is 12.6. The molecule has 1 aliphatic rings. The molecule has 6 heteroatoms. The zero-order chi connectivity index (χ0) is 17.1. The molecule has 1 saturated heterocycles. The highest BCUT2D eigenvalue weighted by atomic mass is 32.2. The minimum atomic E-state index is 0.204. The van der Waals surface area contributed by atoms with Crippen molar-refractivity contribution in [1.82, 2.24) is 14.9 Å². The average Bonchev–Trinajstić information content (AvgIpc) is 2.95. The molecule has 0 aliphatic carbocycles. The van der Waals surface area contributed by atoms with Gasteiger partial charge in [-0.25, -0.2) is 4.98 Å². The number of rotatable bonds is 5. The zero-order valence-corrected chi connectivity index (χ0v) is 15.4. The minimum absolute atomic E-state index is 0.204. The van der Waals surface area contributed by atoms with Crippen LogP contribution in [0.25, 0.3) is 11.0 Å². The molecule has 5 nitrogen and oxygen atoms in total. The van der Waals surface area contributed by atoms with Crippen LogP contribution in [0.15, 0.2) is 23.4 Å². The predicted octanol–water partition coefficient (Wildman–Crippen LogP) is 3.84. The smallest absolute Gasteiger partial charge is 0.233 e. The summed E-state index contributed by atoms with van der Waals surface area (Å²) >= 11 is 1.47. The van der Waals surface area contributed by atoms with Crippen LogP contribution in [-0.4, -0.2) is 45.2 Å². The number of piperidine rings is 1. The van der Waals surface area contributed by atoms with E-state index in [0.29, 0.717) is 24.4 Å². The number of nitrogens with zero attached hydrogens (tertiary/aromatic N) is 2. The molecule has 24 heavy (non-hydrogen) atoms. The Balaban J connectivity index is 1.65. The molecule has 1 fully saturated rings. The van der Waals surface area contributed by atoms with Crippen LogP contribution in [0.5, 0.6) is 5.75 Å².